The molecule has 2 heteroatoms. The van der Waals surface area contributed by atoms with E-state index in [1.54, 1.807) is 7.11 Å². The van der Waals surface area contributed by atoms with E-state index in [0.29, 0.717) is 12.7 Å². The lowest BCUT2D eigenvalue weighted by Crippen LogP contribution is -2.10. The Balaban J connectivity index is 3.28. The van der Waals surface area contributed by atoms with Gasteiger partial charge in [0.15, 0.2) is 0 Å². The van der Waals surface area contributed by atoms with Crippen LogP contribution >= 0.6 is 0 Å². The molecule has 13 heavy (non-hydrogen) atoms. The second kappa shape index (κ2) is 10.0. The summed E-state index contributed by atoms with van der Waals surface area (Å²) in [6.45, 7) is 2.53. The van der Waals surface area contributed by atoms with Crippen molar-refractivity contribution in [3.05, 3.63) is 0 Å². The van der Waals surface area contributed by atoms with Crippen LogP contribution < -0.4 is 0 Å². The molecule has 0 saturated heterocycles. The highest BCUT2D eigenvalue weighted by atomic mass is 16.5. The van der Waals surface area contributed by atoms with Crippen molar-refractivity contribution in [2.24, 2.45) is 0 Å². The van der Waals surface area contributed by atoms with Crippen LogP contribution in [-0.4, -0.2) is 24.9 Å². The molecule has 80 valence electrons. The van der Waals surface area contributed by atoms with Gasteiger partial charge in [-0.15, -0.1) is 0 Å². The van der Waals surface area contributed by atoms with Gasteiger partial charge >= 0.3 is 0 Å². The molecule has 0 rings (SSSR count). The van der Waals surface area contributed by atoms with Crippen molar-refractivity contribution in [2.75, 3.05) is 13.7 Å². The zero-order valence-electron chi connectivity index (χ0n) is 9.09. The average molecular weight is 188 g/mol. The predicted octanol–water partition coefficient (Wildman–Crippen LogP) is 2.74. The highest BCUT2D eigenvalue weighted by Gasteiger charge is 2.05. The van der Waals surface area contributed by atoms with Gasteiger partial charge < -0.3 is 9.84 Å². The van der Waals surface area contributed by atoms with Gasteiger partial charge in [0, 0.05) is 13.7 Å². The third kappa shape index (κ3) is 8.26. The molecule has 0 saturated carbocycles. The molecule has 1 unspecified atom stereocenters. The third-order valence-electron chi connectivity index (χ3n) is 2.40. The van der Waals surface area contributed by atoms with E-state index in [2.05, 4.69) is 6.92 Å². The van der Waals surface area contributed by atoms with Crippen LogP contribution in [0, 0.1) is 0 Å². The van der Waals surface area contributed by atoms with Crippen molar-refractivity contribution in [3.8, 4) is 0 Å². The number of aliphatic hydroxyl groups is 1. The second-order valence-corrected chi connectivity index (χ2v) is 3.57. The van der Waals surface area contributed by atoms with Crippen LogP contribution in [-0.2, 0) is 4.74 Å². The first-order valence-corrected chi connectivity index (χ1v) is 5.48. The summed E-state index contributed by atoms with van der Waals surface area (Å²) >= 11 is 0. The number of aliphatic hydroxyl groups excluding tert-OH is 1. The summed E-state index contributed by atoms with van der Waals surface area (Å²) in [6.07, 6.45) is 8.53. The van der Waals surface area contributed by atoms with Crippen molar-refractivity contribution in [2.45, 2.75) is 58.0 Å². The molecule has 0 bridgehead atoms. The SMILES string of the molecule is CCCCCC(CCCCO)OC. The first kappa shape index (κ1) is 12.9. The molecule has 0 aromatic rings. The Labute approximate surface area is 82.3 Å². The maximum atomic E-state index is 8.63. The van der Waals surface area contributed by atoms with Crippen LogP contribution in [0.3, 0.4) is 0 Å². The van der Waals surface area contributed by atoms with Crippen LogP contribution in [0.4, 0.5) is 0 Å². The fraction of sp³-hybridized carbons (Fsp3) is 1.00. The Morgan fingerprint density at radius 3 is 2.15 bits per heavy atom. The molecule has 0 spiro atoms. The number of methoxy groups -OCH3 is 1. The number of ether oxygens (including phenoxy) is 1. The molecule has 0 amide bonds. The molecule has 0 aromatic carbocycles. The normalized spacial score (nSPS) is 13.2. The molecular formula is C11H24O2. The summed E-state index contributed by atoms with van der Waals surface area (Å²) in [6, 6.07) is 0. The van der Waals surface area contributed by atoms with Crippen molar-refractivity contribution in [1.82, 2.24) is 0 Å². The highest BCUT2D eigenvalue weighted by molar-refractivity contribution is 4.58. The van der Waals surface area contributed by atoms with E-state index in [4.69, 9.17) is 9.84 Å². The first-order chi connectivity index (χ1) is 6.35. The fourth-order valence-corrected chi connectivity index (χ4v) is 1.49. The fourth-order valence-electron chi connectivity index (χ4n) is 1.49. The first-order valence-electron chi connectivity index (χ1n) is 5.48. The van der Waals surface area contributed by atoms with E-state index in [0.717, 1.165) is 19.3 Å². The molecule has 0 radical (unpaired) electrons. The summed E-state index contributed by atoms with van der Waals surface area (Å²) in [5, 5.41) is 8.63. The largest absolute Gasteiger partial charge is 0.396 e. The second-order valence-electron chi connectivity index (χ2n) is 3.57. The molecule has 0 aliphatic heterocycles. The zero-order valence-corrected chi connectivity index (χ0v) is 9.09. The van der Waals surface area contributed by atoms with Crippen LogP contribution in [0.1, 0.15) is 51.9 Å². The van der Waals surface area contributed by atoms with Gasteiger partial charge in [-0.1, -0.05) is 26.2 Å². The van der Waals surface area contributed by atoms with E-state index >= 15 is 0 Å². The lowest BCUT2D eigenvalue weighted by molar-refractivity contribution is 0.0820. The maximum absolute atomic E-state index is 8.63. The van der Waals surface area contributed by atoms with Crippen molar-refractivity contribution in [3.63, 3.8) is 0 Å². The van der Waals surface area contributed by atoms with Gasteiger partial charge in [-0.3, -0.25) is 0 Å². The molecular weight excluding hydrogens is 164 g/mol. The van der Waals surface area contributed by atoms with Crippen LogP contribution in [0.5, 0.6) is 0 Å². The standard InChI is InChI=1S/C11H24O2/c1-3-4-5-8-11(13-2)9-6-7-10-12/h11-12H,3-10H2,1-2H3. The molecule has 0 aromatic heterocycles. The van der Waals surface area contributed by atoms with Gasteiger partial charge in [0.1, 0.15) is 0 Å². The van der Waals surface area contributed by atoms with Crippen molar-refractivity contribution >= 4 is 0 Å². The number of hydrogen-bond acceptors (Lipinski definition) is 2. The number of unbranched alkanes of at least 4 members (excludes halogenated alkanes) is 3. The molecule has 1 N–H and O–H groups in total. The molecule has 0 aliphatic rings. The lowest BCUT2D eigenvalue weighted by atomic mass is 10.1. The lowest BCUT2D eigenvalue weighted by Gasteiger charge is -2.14. The summed E-state index contributed by atoms with van der Waals surface area (Å²) in [4.78, 5) is 0. The molecule has 2 nitrogen and oxygen atoms in total. The van der Waals surface area contributed by atoms with Crippen molar-refractivity contribution in [1.29, 1.82) is 0 Å². The van der Waals surface area contributed by atoms with Crippen LogP contribution in [0.2, 0.25) is 0 Å². The monoisotopic (exact) mass is 188 g/mol. The van der Waals surface area contributed by atoms with E-state index in [-0.39, 0.29) is 0 Å². The van der Waals surface area contributed by atoms with E-state index in [1.807, 2.05) is 0 Å². The zero-order chi connectivity index (χ0) is 9.94. The van der Waals surface area contributed by atoms with Gasteiger partial charge in [-0.25, -0.2) is 0 Å². The van der Waals surface area contributed by atoms with Crippen LogP contribution in [0.15, 0.2) is 0 Å². The summed E-state index contributed by atoms with van der Waals surface area (Å²) in [5.74, 6) is 0. The van der Waals surface area contributed by atoms with E-state index in [1.165, 1.54) is 25.7 Å². The summed E-state index contributed by atoms with van der Waals surface area (Å²) in [5.41, 5.74) is 0. The Hall–Kier alpha value is -0.0800. The highest BCUT2D eigenvalue weighted by Crippen LogP contribution is 2.12. The predicted molar refractivity (Wildman–Crippen MR) is 55.9 cm³/mol. The summed E-state index contributed by atoms with van der Waals surface area (Å²) < 4.78 is 5.36. The van der Waals surface area contributed by atoms with Gasteiger partial charge in [0.2, 0.25) is 0 Å². The maximum Gasteiger partial charge on any atom is 0.0571 e. The molecule has 0 aliphatic carbocycles. The Kier molecular flexibility index (Phi) is 9.94. The minimum absolute atomic E-state index is 0.311. The van der Waals surface area contributed by atoms with Gasteiger partial charge in [-0.05, 0) is 25.7 Å². The minimum Gasteiger partial charge on any atom is -0.396 e. The Morgan fingerprint density at radius 1 is 1.08 bits per heavy atom. The number of rotatable bonds is 9. The minimum atomic E-state index is 0.311. The molecule has 1 atom stereocenters. The molecule has 0 fully saturated rings. The number of hydrogen-bond donors (Lipinski definition) is 1. The third-order valence-corrected chi connectivity index (χ3v) is 2.40. The smallest absolute Gasteiger partial charge is 0.0571 e. The Morgan fingerprint density at radius 2 is 1.69 bits per heavy atom. The molecule has 0 heterocycles. The average Bonchev–Trinajstić information content (AvgIpc) is 2.16. The quantitative estimate of drug-likeness (QED) is 0.564. The van der Waals surface area contributed by atoms with E-state index < -0.39 is 0 Å². The summed E-state index contributed by atoms with van der Waals surface area (Å²) in [7, 11) is 1.79. The van der Waals surface area contributed by atoms with Gasteiger partial charge in [-0.2, -0.15) is 0 Å². The van der Waals surface area contributed by atoms with E-state index in [9.17, 15) is 0 Å². The topological polar surface area (TPSA) is 29.5 Å². The Bertz CT molecular complexity index is 84.1. The van der Waals surface area contributed by atoms with Gasteiger partial charge in [0.05, 0.1) is 6.10 Å². The van der Waals surface area contributed by atoms with Crippen molar-refractivity contribution < 1.29 is 9.84 Å². The van der Waals surface area contributed by atoms with Gasteiger partial charge in [0.25, 0.3) is 0 Å². The van der Waals surface area contributed by atoms with Crippen LogP contribution in [0.25, 0.3) is 0 Å².